The molecule has 1 N–H and O–H groups in total. The van der Waals surface area contributed by atoms with Gasteiger partial charge in [0.15, 0.2) is 0 Å². The van der Waals surface area contributed by atoms with Crippen molar-refractivity contribution < 1.29 is 14.6 Å². The van der Waals surface area contributed by atoms with E-state index in [2.05, 4.69) is 0 Å². The molecule has 0 fully saturated rings. The molecule has 1 aromatic carbocycles. The second-order valence-electron chi connectivity index (χ2n) is 4.23. The van der Waals surface area contributed by atoms with E-state index in [1.165, 1.54) is 0 Å². The van der Waals surface area contributed by atoms with Crippen molar-refractivity contribution in [1.82, 2.24) is 4.90 Å². The number of nitrogens with zero attached hydrogens (tertiary/aromatic N) is 1. The number of rotatable bonds is 7. The minimum Gasteiger partial charge on any atom is -0.394 e. The highest BCUT2D eigenvalue weighted by Crippen LogP contribution is 2.16. The van der Waals surface area contributed by atoms with Crippen molar-refractivity contribution in [2.75, 3.05) is 33.4 Å². The van der Waals surface area contributed by atoms with Gasteiger partial charge in [-0.3, -0.25) is 4.79 Å². The number of hydrogen-bond donors (Lipinski definition) is 1. The molecule has 0 saturated heterocycles. The van der Waals surface area contributed by atoms with Crippen LogP contribution >= 0.6 is 0 Å². The van der Waals surface area contributed by atoms with Crippen LogP contribution in [0.25, 0.3) is 0 Å². The average Bonchev–Trinajstić information content (AvgIpc) is 2.42. The first kappa shape index (κ1) is 14.7. The number of ether oxygens (including phenoxy) is 1. The SMILES string of the molecule is CC(C(=O)N(C)CCOCCO)c1ccccc1. The highest BCUT2D eigenvalue weighted by molar-refractivity contribution is 5.83. The van der Waals surface area contributed by atoms with E-state index in [0.29, 0.717) is 19.8 Å². The summed E-state index contributed by atoms with van der Waals surface area (Å²) in [5.41, 5.74) is 1.02. The van der Waals surface area contributed by atoms with Crippen LogP contribution in [-0.2, 0) is 9.53 Å². The Kier molecular flexibility index (Phi) is 6.39. The number of aliphatic hydroxyl groups is 1. The summed E-state index contributed by atoms with van der Waals surface area (Å²) in [4.78, 5) is 13.8. The van der Waals surface area contributed by atoms with Crippen LogP contribution < -0.4 is 0 Å². The van der Waals surface area contributed by atoms with Crippen LogP contribution in [-0.4, -0.2) is 49.3 Å². The van der Waals surface area contributed by atoms with Gasteiger partial charge in [0.05, 0.1) is 25.7 Å². The summed E-state index contributed by atoms with van der Waals surface area (Å²) < 4.78 is 5.15. The second-order valence-corrected chi connectivity index (χ2v) is 4.23. The zero-order chi connectivity index (χ0) is 13.4. The molecule has 1 amide bonds. The van der Waals surface area contributed by atoms with Gasteiger partial charge < -0.3 is 14.7 Å². The van der Waals surface area contributed by atoms with Crippen LogP contribution in [0, 0.1) is 0 Å². The van der Waals surface area contributed by atoms with Gasteiger partial charge in [-0.2, -0.15) is 0 Å². The molecule has 0 aliphatic carbocycles. The number of benzene rings is 1. The van der Waals surface area contributed by atoms with Crippen molar-refractivity contribution in [3.05, 3.63) is 35.9 Å². The Morgan fingerprint density at radius 1 is 1.33 bits per heavy atom. The summed E-state index contributed by atoms with van der Waals surface area (Å²) >= 11 is 0. The van der Waals surface area contributed by atoms with Crippen LogP contribution in [0.2, 0.25) is 0 Å². The quantitative estimate of drug-likeness (QED) is 0.742. The predicted octanol–water partition coefficient (Wildman–Crippen LogP) is 1.26. The van der Waals surface area contributed by atoms with Gasteiger partial charge in [0.2, 0.25) is 5.91 Å². The summed E-state index contributed by atoms with van der Waals surface area (Å²) in [7, 11) is 1.77. The number of amides is 1. The Hall–Kier alpha value is -1.39. The minimum atomic E-state index is -0.144. The Bertz CT molecular complexity index is 353. The van der Waals surface area contributed by atoms with Crippen molar-refractivity contribution in [3.8, 4) is 0 Å². The van der Waals surface area contributed by atoms with Crippen molar-refractivity contribution in [2.24, 2.45) is 0 Å². The van der Waals surface area contributed by atoms with Crippen molar-refractivity contribution in [3.63, 3.8) is 0 Å². The smallest absolute Gasteiger partial charge is 0.229 e. The van der Waals surface area contributed by atoms with Crippen LogP contribution in [0.3, 0.4) is 0 Å². The van der Waals surface area contributed by atoms with E-state index in [0.717, 1.165) is 5.56 Å². The summed E-state index contributed by atoms with van der Waals surface area (Å²) in [6.45, 7) is 3.22. The molecular formula is C14H21NO3. The molecule has 4 heteroatoms. The standard InChI is InChI=1S/C14H21NO3/c1-12(13-6-4-3-5-7-13)14(17)15(2)8-10-18-11-9-16/h3-7,12,16H,8-11H2,1-2H3. The first-order valence-electron chi connectivity index (χ1n) is 6.15. The Labute approximate surface area is 108 Å². The van der Waals surface area contributed by atoms with E-state index < -0.39 is 0 Å². The fraction of sp³-hybridized carbons (Fsp3) is 0.500. The summed E-state index contributed by atoms with van der Waals surface area (Å²) in [5, 5.41) is 8.57. The van der Waals surface area contributed by atoms with Gasteiger partial charge >= 0.3 is 0 Å². The van der Waals surface area contributed by atoms with Gasteiger partial charge in [-0.1, -0.05) is 30.3 Å². The van der Waals surface area contributed by atoms with E-state index in [1.807, 2.05) is 37.3 Å². The Balaban J connectivity index is 2.43. The lowest BCUT2D eigenvalue weighted by atomic mass is 10.00. The van der Waals surface area contributed by atoms with Gasteiger partial charge in [0, 0.05) is 13.6 Å². The second kappa shape index (κ2) is 7.84. The first-order valence-corrected chi connectivity index (χ1v) is 6.15. The Morgan fingerprint density at radius 2 is 2.00 bits per heavy atom. The van der Waals surface area contributed by atoms with E-state index in [1.54, 1.807) is 11.9 Å². The number of carbonyl (C=O) groups is 1. The third kappa shape index (κ3) is 4.47. The minimum absolute atomic E-state index is 0.0120. The summed E-state index contributed by atoms with van der Waals surface area (Å²) in [6, 6.07) is 9.72. The lowest BCUT2D eigenvalue weighted by molar-refractivity contribution is -0.131. The van der Waals surface area contributed by atoms with E-state index in [9.17, 15) is 4.79 Å². The molecule has 1 rings (SSSR count). The monoisotopic (exact) mass is 251 g/mol. The van der Waals surface area contributed by atoms with E-state index in [4.69, 9.17) is 9.84 Å². The first-order chi connectivity index (χ1) is 8.66. The molecule has 0 aliphatic heterocycles. The highest BCUT2D eigenvalue weighted by atomic mass is 16.5. The molecule has 18 heavy (non-hydrogen) atoms. The molecule has 1 atom stereocenters. The third-order valence-electron chi connectivity index (χ3n) is 2.85. The van der Waals surface area contributed by atoms with Gasteiger partial charge in [-0.15, -0.1) is 0 Å². The number of carbonyl (C=O) groups excluding carboxylic acids is 1. The molecular weight excluding hydrogens is 230 g/mol. The number of aliphatic hydroxyl groups excluding tert-OH is 1. The maximum atomic E-state index is 12.1. The Morgan fingerprint density at radius 3 is 2.61 bits per heavy atom. The maximum Gasteiger partial charge on any atom is 0.229 e. The molecule has 0 bridgehead atoms. The lowest BCUT2D eigenvalue weighted by Gasteiger charge is -2.21. The highest BCUT2D eigenvalue weighted by Gasteiger charge is 2.18. The van der Waals surface area contributed by atoms with Gasteiger partial charge in [-0.25, -0.2) is 0 Å². The molecule has 0 heterocycles. The number of likely N-dealkylation sites (N-methyl/N-ethyl adjacent to an activating group) is 1. The molecule has 0 radical (unpaired) electrons. The van der Waals surface area contributed by atoms with Crippen LogP contribution in [0.5, 0.6) is 0 Å². The normalized spacial score (nSPS) is 12.2. The lowest BCUT2D eigenvalue weighted by Crippen LogP contribution is -2.33. The predicted molar refractivity (Wildman–Crippen MR) is 70.4 cm³/mol. The maximum absolute atomic E-state index is 12.1. The molecule has 4 nitrogen and oxygen atoms in total. The van der Waals surface area contributed by atoms with Crippen molar-refractivity contribution in [1.29, 1.82) is 0 Å². The fourth-order valence-electron chi connectivity index (χ4n) is 1.69. The molecule has 0 aromatic heterocycles. The van der Waals surface area contributed by atoms with Crippen LogP contribution in [0.4, 0.5) is 0 Å². The van der Waals surface area contributed by atoms with Crippen molar-refractivity contribution in [2.45, 2.75) is 12.8 Å². The van der Waals surface area contributed by atoms with Crippen LogP contribution in [0.1, 0.15) is 18.4 Å². The van der Waals surface area contributed by atoms with Gasteiger partial charge in [-0.05, 0) is 12.5 Å². The molecule has 0 saturated carbocycles. The summed E-state index contributed by atoms with van der Waals surface area (Å²) in [5.74, 6) is -0.0668. The van der Waals surface area contributed by atoms with E-state index in [-0.39, 0.29) is 18.4 Å². The van der Waals surface area contributed by atoms with E-state index >= 15 is 0 Å². The number of hydrogen-bond acceptors (Lipinski definition) is 3. The fourth-order valence-corrected chi connectivity index (χ4v) is 1.69. The molecule has 1 aromatic rings. The third-order valence-corrected chi connectivity index (χ3v) is 2.85. The van der Waals surface area contributed by atoms with Gasteiger partial charge in [0.25, 0.3) is 0 Å². The average molecular weight is 251 g/mol. The topological polar surface area (TPSA) is 49.8 Å². The zero-order valence-electron chi connectivity index (χ0n) is 11.0. The molecule has 0 aliphatic rings. The zero-order valence-corrected chi connectivity index (χ0v) is 11.0. The van der Waals surface area contributed by atoms with Crippen molar-refractivity contribution >= 4 is 5.91 Å². The summed E-state index contributed by atoms with van der Waals surface area (Å²) in [6.07, 6.45) is 0. The van der Waals surface area contributed by atoms with Crippen LogP contribution in [0.15, 0.2) is 30.3 Å². The molecule has 100 valence electrons. The largest absolute Gasteiger partial charge is 0.394 e. The molecule has 1 unspecified atom stereocenters. The van der Waals surface area contributed by atoms with Gasteiger partial charge in [0.1, 0.15) is 0 Å². The molecule has 0 spiro atoms.